The van der Waals surface area contributed by atoms with E-state index in [-0.39, 0.29) is 27.3 Å². The van der Waals surface area contributed by atoms with Gasteiger partial charge in [-0.05, 0) is 39.8 Å². The molecule has 1 aromatic rings. The zero-order chi connectivity index (χ0) is 20.5. The van der Waals surface area contributed by atoms with Crippen molar-refractivity contribution in [1.82, 2.24) is 5.06 Å². The van der Waals surface area contributed by atoms with E-state index in [0.29, 0.717) is 0 Å². The van der Waals surface area contributed by atoms with Gasteiger partial charge in [0.1, 0.15) is 0 Å². The van der Waals surface area contributed by atoms with Crippen LogP contribution in [0.2, 0.25) is 0 Å². The Labute approximate surface area is 155 Å². The summed E-state index contributed by atoms with van der Waals surface area (Å²) >= 11 is 0. The highest BCUT2D eigenvalue weighted by Crippen LogP contribution is 2.28. The van der Waals surface area contributed by atoms with E-state index in [1.165, 1.54) is 0 Å². The van der Waals surface area contributed by atoms with Crippen LogP contribution in [0.15, 0.2) is 12.1 Å². The summed E-state index contributed by atoms with van der Waals surface area (Å²) < 4.78 is 10.2. The van der Waals surface area contributed by atoms with Crippen LogP contribution in [0, 0.1) is 0 Å². The van der Waals surface area contributed by atoms with Gasteiger partial charge in [-0.25, -0.2) is 14.4 Å². The van der Waals surface area contributed by atoms with E-state index in [1.54, 1.807) is 27.7 Å². The molecule has 1 aliphatic heterocycles. The first-order valence-electron chi connectivity index (χ1n) is 8.20. The number of carbonyl (C=O) groups is 5. The summed E-state index contributed by atoms with van der Waals surface area (Å²) in [4.78, 5) is 65.2. The van der Waals surface area contributed by atoms with Gasteiger partial charge in [-0.1, -0.05) is 5.06 Å². The summed E-state index contributed by atoms with van der Waals surface area (Å²) in [6.45, 7) is 7.51. The van der Waals surface area contributed by atoms with Crippen LogP contribution in [-0.2, 0) is 19.1 Å². The summed E-state index contributed by atoms with van der Waals surface area (Å²) in [6, 6.07) is 2.14. The van der Waals surface area contributed by atoms with Gasteiger partial charge in [0.25, 0.3) is 11.8 Å². The molecule has 0 fully saturated rings. The highest BCUT2D eigenvalue weighted by Gasteiger charge is 2.41. The number of fused-ring (bicyclic) bond motifs is 1. The largest absolute Gasteiger partial charge is 0.459 e. The number of esters is 2. The van der Waals surface area contributed by atoms with Crippen LogP contribution in [0.3, 0.4) is 0 Å². The summed E-state index contributed by atoms with van der Waals surface area (Å²) in [5.74, 6) is -4.42. The minimum Gasteiger partial charge on any atom is -0.459 e. The smallest absolute Gasteiger partial charge is 0.339 e. The zero-order valence-corrected chi connectivity index (χ0v) is 15.5. The summed E-state index contributed by atoms with van der Waals surface area (Å²) in [6.07, 6.45) is -0.954. The molecule has 0 saturated carbocycles. The van der Waals surface area contributed by atoms with Crippen LogP contribution in [0.4, 0.5) is 0 Å². The summed E-state index contributed by atoms with van der Waals surface area (Å²) in [7, 11) is 0. The van der Waals surface area contributed by atoms with Crippen molar-refractivity contribution < 1.29 is 38.3 Å². The minimum atomic E-state index is -0.924. The van der Waals surface area contributed by atoms with Crippen LogP contribution in [0.25, 0.3) is 0 Å². The third-order valence-corrected chi connectivity index (χ3v) is 3.33. The molecule has 144 valence electrons. The second-order valence-corrected chi connectivity index (χ2v) is 6.34. The van der Waals surface area contributed by atoms with Gasteiger partial charge in [0, 0.05) is 6.92 Å². The van der Waals surface area contributed by atoms with E-state index in [0.717, 1.165) is 19.1 Å². The van der Waals surface area contributed by atoms with Crippen molar-refractivity contribution in [1.29, 1.82) is 0 Å². The number of amides is 2. The SMILES string of the molecule is CC(=O)ON1C(=O)c2cc(C(=O)OC(C)C)c(C(=O)OC(C)C)cc2C1=O. The number of ether oxygens (including phenoxy) is 2. The molecule has 0 saturated heterocycles. The number of benzene rings is 1. The van der Waals surface area contributed by atoms with Gasteiger partial charge in [-0.15, -0.1) is 0 Å². The van der Waals surface area contributed by atoms with Gasteiger partial charge in [0.05, 0.1) is 34.5 Å². The first-order valence-corrected chi connectivity index (χ1v) is 8.20. The molecule has 0 aromatic heterocycles. The summed E-state index contributed by atoms with van der Waals surface area (Å²) in [5.41, 5.74) is -0.811. The molecule has 0 atom stereocenters. The van der Waals surface area contributed by atoms with Crippen molar-refractivity contribution in [3.05, 3.63) is 34.4 Å². The van der Waals surface area contributed by atoms with Crippen LogP contribution >= 0.6 is 0 Å². The monoisotopic (exact) mass is 377 g/mol. The molecule has 0 spiro atoms. The Morgan fingerprint density at radius 2 is 1.19 bits per heavy atom. The Hall–Kier alpha value is -3.23. The maximum Gasteiger partial charge on any atom is 0.339 e. The number of hydroxylamine groups is 2. The van der Waals surface area contributed by atoms with E-state index >= 15 is 0 Å². The third kappa shape index (κ3) is 4.13. The highest BCUT2D eigenvalue weighted by molar-refractivity contribution is 6.22. The van der Waals surface area contributed by atoms with E-state index in [1.807, 2.05) is 0 Å². The average molecular weight is 377 g/mol. The number of nitrogens with zero attached hydrogens (tertiary/aromatic N) is 1. The topological polar surface area (TPSA) is 116 Å². The lowest BCUT2D eigenvalue weighted by molar-refractivity contribution is -0.165. The van der Waals surface area contributed by atoms with Gasteiger partial charge < -0.3 is 14.3 Å². The van der Waals surface area contributed by atoms with Crippen molar-refractivity contribution in [2.45, 2.75) is 46.8 Å². The molecule has 9 heteroatoms. The summed E-state index contributed by atoms with van der Waals surface area (Å²) in [5, 5.41) is 0.280. The maximum absolute atomic E-state index is 12.4. The van der Waals surface area contributed by atoms with Gasteiger partial charge >= 0.3 is 17.9 Å². The van der Waals surface area contributed by atoms with Crippen molar-refractivity contribution >= 4 is 29.7 Å². The van der Waals surface area contributed by atoms with Crippen LogP contribution in [0.5, 0.6) is 0 Å². The molecular weight excluding hydrogens is 358 g/mol. The Bertz CT molecular complexity index is 779. The second-order valence-electron chi connectivity index (χ2n) is 6.34. The Balaban J connectivity index is 2.58. The minimum absolute atomic E-state index is 0.182. The zero-order valence-electron chi connectivity index (χ0n) is 15.5. The molecule has 1 aliphatic rings. The molecule has 1 aromatic carbocycles. The number of rotatable bonds is 5. The fourth-order valence-corrected chi connectivity index (χ4v) is 2.37. The van der Waals surface area contributed by atoms with E-state index in [9.17, 15) is 24.0 Å². The molecule has 0 unspecified atom stereocenters. The van der Waals surface area contributed by atoms with Crippen molar-refractivity contribution in [2.24, 2.45) is 0 Å². The molecule has 2 amide bonds. The third-order valence-electron chi connectivity index (χ3n) is 3.33. The molecule has 1 heterocycles. The molecule has 0 radical (unpaired) electrons. The quantitative estimate of drug-likeness (QED) is 0.564. The van der Waals surface area contributed by atoms with Crippen LogP contribution in [-0.4, -0.2) is 47.0 Å². The first-order chi connectivity index (χ1) is 12.5. The predicted octanol–water partition coefficient (Wildman–Crippen LogP) is 1.89. The number of hydrogen-bond acceptors (Lipinski definition) is 8. The first kappa shape index (κ1) is 20.1. The molecule has 0 N–H and O–H groups in total. The van der Waals surface area contributed by atoms with Gasteiger partial charge in [-0.3, -0.25) is 9.59 Å². The van der Waals surface area contributed by atoms with Gasteiger partial charge in [0.15, 0.2) is 0 Å². The molecule has 27 heavy (non-hydrogen) atoms. The lowest BCUT2D eigenvalue weighted by Gasteiger charge is -2.14. The predicted molar refractivity (Wildman–Crippen MR) is 89.8 cm³/mol. The van der Waals surface area contributed by atoms with E-state index in [2.05, 4.69) is 4.84 Å². The Morgan fingerprint density at radius 1 is 0.815 bits per heavy atom. The fraction of sp³-hybridized carbons (Fsp3) is 0.389. The standard InChI is InChI=1S/C18H19NO8/c1-8(2)25-17(23)13-6-11-12(7-14(13)18(24)26-9(3)4)16(22)19(15(11)21)27-10(5)20/h6-9H,1-5H3. The van der Waals surface area contributed by atoms with E-state index < -0.39 is 41.9 Å². The molecule has 2 rings (SSSR count). The lowest BCUT2D eigenvalue weighted by Crippen LogP contribution is -2.31. The van der Waals surface area contributed by atoms with Gasteiger partial charge in [-0.2, -0.15) is 0 Å². The Morgan fingerprint density at radius 3 is 1.48 bits per heavy atom. The molecular formula is C18H19NO8. The van der Waals surface area contributed by atoms with Crippen molar-refractivity contribution in [3.8, 4) is 0 Å². The maximum atomic E-state index is 12.4. The molecule has 0 bridgehead atoms. The van der Waals surface area contributed by atoms with Crippen LogP contribution in [0.1, 0.15) is 76.1 Å². The molecule has 0 aliphatic carbocycles. The fourth-order valence-electron chi connectivity index (χ4n) is 2.37. The van der Waals surface area contributed by atoms with E-state index in [4.69, 9.17) is 9.47 Å². The number of carbonyl (C=O) groups excluding carboxylic acids is 5. The second kappa shape index (κ2) is 7.56. The Kier molecular flexibility index (Phi) is 5.63. The van der Waals surface area contributed by atoms with Gasteiger partial charge in [0.2, 0.25) is 0 Å². The molecule has 9 nitrogen and oxygen atoms in total. The average Bonchev–Trinajstić information content (AvgIpc) is 2.76. The normalized spacial score (nSPS) is 13.1. The van der Waals surface area contributed by atoms with Crippen molar-refractivity contribution in [2.75, 3.05) is 0 Å². The number of imide groups is 1. The van der Waals surface area contributed by atoms with Crippen molar-refractivity contribution in [3.63, 3.8) is 0 Å². The number of hydrogen-bond donors (Lipinski definition) is 0. The van der Waals surface area contributed by atoms with Crippen LogP contribution < -0.4 is 0 Å². The highest BCUT2D eigenvalue weighted by atomic mass is 16.7. The lowest BCUT2D eigenvalue weighted by atomic mass is 9.99.